The molecule has 2 unspecified atom stereocenters. The summed E-state index contributed by atoms with van der Waals surface area (Å²) >= 11 is -3.87. The molecule has 6 aromatic rings. The zero-order valence-corrected chi connectivity index (χ0v) is 30.5. The minimum atomic E-state index is -3.87. The Morgan fingerprint density at radius 1 is 0.455 bits per heavy atom. The van der Waals surface area contributed by atoms with Gasteiger partial charge in [-0.25, -0.2) is 0 Å². The number of hydrogen-bond donors (Lipinski definition) is 0. The Morgan fingerprint density at radius 2 is 0.818 bits per heavy atom. The third-order valence-electron chi connectivity index (χ3n) is 9.96. The van der Waals surface area contributed by atoms with Crippen molar-refractivity contribution in [2.24, 2.45) is 0 Å². The van der Waals surface area contributed by atoms with Crippen LogP contribution in [0.1, 0.15) is 40.6 Å². The molecule has 0 fully saturated rings. The normalized spacial score (nSPS) is 17.2. The Bertz CT molecular complexity index is 2040. The zero-order valence-electron chi connectivity index (χ0n) is 25.0. The Hall–Kier alpha value is -3.00. The van der Waals surface area contributed by atoms with E-state index in [2.05, 4.69) is 162 Å². The first-order valence-corrected chi connectivity index (χ1v) is 28.7. The summed E-state index contributed by atoms with van der Waals surface area (Å²) in [7, 11) is 0. The van der Waals surface area contributed by atoms with Crippen LogP contribution in [0.2, 0.25) is 9.26 Å². The molecule has 0 saturated heterocycles. The maximum atomic E-state index is 2.75. The molecular weight excluding hydrogens is 671 g/mol. The van der Waals surface area contributed by atoms with Crippen LogP contribution in [0.3, 0.4) is 0 Å². The molecule has 2 aliphatic carbocycles. The fraction of sp³-hybridized carbons (Fsp3) is 0.100. The molecule has 6 aromatic carbocycles. The SMILES string of the molecule is Cl.Cl.[CH3][Zr]([CH3])(=[SiH2])([CH]1C(c2cccc3ccccc23)=Cc2ccccc21)[CH]1C(c2cccc3ccccc23)=Cc2ccccc21. The van der Waals surface area contributed by atoms with Crippen LogP contribution in [0.4, 0.5) is 0 Å². The van der Waals surface area contributed by atoms with Crippen molar-refractivity contribution >= 4 is 76.5 Å². The molecule has 2 aliphatic rings. The molecule has 0 radical (unpaired) electrons. The summed E-state index contributed by atoms with van der Waals surface area (Å²) in [5.41, 5.74) is 11.6. The molecule has 0 heterocycles. The Kier molecular flexibility index (Phi) is 8.04. The van der Waals surface area contributed by atoms with Crippen LogP contribution in [0.5, 0.6) is 0 Å². The van der Waals surface area contributed by atoms with E-state index in [4.69, 9.17) is 0 Å². The van der Waals surface area contributed by atoms with Gasteiger partial charge in [0, 0.05) is 0 Å². The van der Waals surface area contributed by atoms with Crippen LogP contribution in [-0.4, -0.2) is 6.88 Å². The molecule has 218 valence electrons. The van der Waals surface area contributed by atoms with Gasteiger partial charge in [0.1, 0.15) is 0 Å². The standard InChI is InChI=1S/2C19H13.2CH3.2ClH.H2Si.Zr/c2*1-2-8-16-13-17(12-15(16)7-1)19-11-5-9-14-6-3-4-10-18(14)19;;;;;;/h2*1-13H;2*1H3;2*1H;1H2;. The van der Waals surface area contributed by atoms with Crippen molar-refractivity contribution in [2.75, 3.05) is 0 Å². The zero-order chi connectivity index (χ0) is 28.5. The molecule has 0 bridgehead atoms. The Morgan fingerprint density at radius 3 is 1.27 bits per heavy atom. The van der Waals surface area contributed by atoms with Gasteiger partial charge >= 0.3 is 252 Å². The van der Waals surface area contributed by atoms with E-state index >= 15 is 0 Å². The van der Waals surface area contributed by atoms with Crippen molar-refractivity contribution in [1.29, 1.82) is 0 Å². The van der Waals surface area contributed by atoms with Crippen LogP contribution in [0.15, 0.2) is 133 Å². The van der Waals surface area contributed by atoms with Crippen molar-refractivity contribution in [3.63, 3.8) is 0 Å². The van der Waals surface area contributed by atoms with Gasteiger partial charge in [-0.3, -0.25) is 0 Å². The second kappa shape index (κ2) is 11.4. The molecular formula is C40H36Cl2SiZr. The molecule has 2 atom stereocenters. The van der Waals surface area contributed by atoms with E-state index in [-0.39, 0.29) is 24.8 Å². The Balaban J connectivity index is 0.00000171. The number of allylic oxidation sites excluding steroid dienone is 2. The van der Waals surface area contributed by atoms with Crippen LogP contribution in [-0.2, 0) is 17.4 Å². The minimum absolute atomic E-state index is 0. The van der Waals surface area contributed by atoms with Gasteiger partial charge in [0.05, 0.1) is 0 Å². The van der Waals surface area contributed by atoms with Crippen molar-refractivity contribution < 1.29 is 17.4 Å². The average molecular weight is 707 g/mol. The first-order chi connectivity index (χ1) is 20.4. The van der Waals surface area contributed by atoms with Gasteiger partial charge in [-0.2, -0.15) is 0 Å². The van der Waals surface area contributed by atoms with E-state index in [1.165, 1.54) is 66.1 Å². The van der Waals surface area contributed by atoms with Gasteiger partial charge in [-0.15, -0.1) is 24.8 Å². The van der Waals surface area contributed by atoms with Gasteiger partial charge in [0.25, 0.3) is 0 Å². The average Bonchev–Trinajstić information content (AvgIpc) is 3.61. The summed E-state index contributed by atoms with van der Waals surface area (Å²) in [5, 5.41) is 5.34. The summed E-state index contributed by atoms with van der Waals surface area (Å²) in [4.78, 5) is 0. The third kappa shape index (κ3) is 4.74. The van der Waals surface area contributed by atoms with Crippen molar-refractivity contribution in [3.05, 3.63) is 167 Å². The van der Waals surface area contributed by atoms with Gasteiger partial charge in [0.2, 0.25) is 0 Å². The summed E-state index contributed by atoms with van der Waals surface area (Å²) in [6, 6.07) is 50.0. The predicted octanol–water partition coefficient (Wildman–Crippen LogP) is 11.1. The summed E-state index contributed by atoms with van der Waals surface area (Å²) in [6.07, 6.45) is 5.05. The topological polar surface area (TPSA) is 0 Å². The van der Waals surface area contributed by atoms with E-state index in [0.29, 0.717) is 7.25 Å². The van der Waals surface area contributed by atoms with Crippen LogP contribution in [0, 0.1) is 0 Å². The molecule has 4 heteroatoms. The van der Waals surface area contributed by atoms with Crippen molar-refractivity contribution in [3.8, 4) is 0 Å². The van der Waals surface area contributed by atoms with Gasteiger partial charge in [-0.1, -0.05) is 0 Å². The van der Waals surface area contributed by atoms with E-state index in [1.807, 2.05) is 0 Å². The molecule has 0 nitrogen and oxygen atoms in total. The van der Waals surface area contributed by atoms with Crippen LogP contribution < -0.4 is 0 Å². The van der Waals surface area contributed by atoms with E-state index < -0.39 is 17.4 Å². The fourth-order valence-electron chi connectivity index (χ4n) is 8.28. The fourth-order valence-corrected chi connectivity index (χ4v) is 26.8. The maximum absolute atomic E-state index is 3.87. The first kappa shape index (κ1) is 31.0. The van der Waals surface area contributed by atoms with E-state index in [9.17, 15) is 0 Å². The predicted molar refractivity (Wildman–Crippen MR) is 197 cm³/mol. The number of halogens is 2. The number of rotatable bonds is 4. The van der Waals surface area contributed by atoms with Gasteiger partial charge in [0.15, 0.2) is 0 Å². The van der Waals surface area contributed by atoms with Crippen molar-refractivity contribution in [2.45, 2.75) is 16.5 Å². The quantitative estimate of drug-likeness (QED) is 0.160. The van der Waals surface area contributed by atoms with Crippen LogP contribution in [0.25, 0.3) is 44.8 Å². The molecule has 0 N–H and O–H groups in total. The monoisotopic (exact) mass is 704 g/mol. The third-order valence-corrected chi connectivity index (χ3v) is 27.2. The number of hydrogen-bond acceptors (Lipinski definition) is 0. The molecule has 0 aromatic heterocycles. The number of fused-ring (bicyclic) bond motifs is 4. The van der Waals surface area contributed by atoms with Gasteiger partial charge in [-0.05, 0) is 0 Å². The summed E-state index contributed by atoms with van der Waals surface area (Å²) < 4.78 is 6.30. The first-order valence-electron chi connectivity index (χ1n) is 15.0. The second-order valence-corrected chi connectivity index (χ2v) is 43.8. The van der Waals surface area contributed by atoms with Crippen LogP contribution >= 0.6 is 24.8 Å². The molecule has 44 heavy (non-hydrogen) atoms. The summed E-state index contributed by atoms with van der Waals surface area (Å²) in [5.74, 6) is 0. The molecule has 0 aliphatic heterocycles. The molecule has 0 spiro atoms. The molecule has 8 rings (SSSR count). The van der Waals surface area contributed by atoms with Gasteiger partial charge < -0.3 is 0 Å². The Labute approximate surface area is 275 Å². The summed E-state index contributed by atoms with van der Waals surface area (Å²) in [6.45, 7) is 2.43. The van der Waals surface area contributed by atoms with Crippen molar-refractivity contribution in [1.82, 2.24) is 0 Å². The second-order valence-electron chi connectivity index (χ2n) is 13.3. The number of benzene rings is 6. The molecule has 0 amide bonds. The van der Waals surface area contributed by atoms with E-state index in [1.54, 1.807) is 0 Å². The van der Waals surface area contributed by atoms with E-state index in [0.717, 1.165) is 0 Å². The molecule has 0 saturated carbocycles.